The first-order valence-corrected chi connectivity index (χ1v) is 5.57. The Balaban J connectivity index is 2.69. The van der Waals surface area contributed by atoms with Gasteiger partial charge in [0.25, 0.3) is 0 Å². The minimum absolute atomic E-state index is 0.268. The molecule has 0 fully saturated rings. The molecule has 0 amide bonds. The summed E-state index contributed by atoms with van der Waals surface area (Å²) in [4.78, 5) is 10.5. The zero-order chi connectivity index (χ0) is 10.6. The van der Waals surface area contributed by atoms with Crippen LogP contribution in [0.3, 0.4) is 0 Å². The van der Waals surface area contributed by atoms with Crippen molar-refractivity contribution in [3.8, 4) is 0 Å². The van der Waals surface area contributed by atoms with Gasteiger partial charge in [-0.2, -0.15) is 0 Å². The van der Waals surface area contributed by atoms with Gasteiger partial charge in [-0.15, -0.1) is 0 Å². The molecule has 0 spiro atoms. The van der Waals surface area contributed by atoms with E-state index in [1.807, 2.05) is 0 Å². The number of hydrogen-bond acceptors (Lipinski definition) is 3. The predicted octanol–water partition coefficient (Wildman–Crippen LogP) is 2.18. The number of carbonyl (C=O) groups excluding carboxylic acids is 1. The van der Waals surface area contributed by atoms with E-state index in [1.165, 1.54) is 12.1 Å². The lowest BCUT2D eigenvalue weighted by atomic mass is 10.1. The molecule has 0 N–H and O–H groups in total. The van der Waals surface area contributed by atoms with Crippen LogP contribution in [0.2, 0.25) is 0 Å². The smallest absolute Gasteiger partial charge is 0.281 e. The van der Waals surface area contributed by atoms with Gasteiger partial charge in [0.2, 0.25) is 5.24 Å². The Labute approximate surface area is 86.9 Å². The largest absolute Gasteiger partial charge is 0.348 e. The molecular formula is C9H8ClO3P. The van der Waals surface area contributed by atoms with Crippen LogP contribution in [0.5, 0.6) is 0 Å². The van der Waals surface area contributed by atoms with Crippen molar-refractivity contribution in [2.75, 3.05) is 0 Å². The Kier molecular flexibility index (Phi) is 4.05. The number of aryl methyl sites for hydroxylation is 1. The summed E-state index contributed by atoms with van der Waals surface area (Å²) < 4.78 is 21.1. The Morgan fingerprint density at radius 1 is 1.21 bits per heavy atom. The zero-order valence-corrected chi connectivity index (χ0v) is 8.92. The SMILES string of the molecule is O=C(Cl)CCc1ccc(P(=O)=O)cc1. The van der Waals surface area contributed by atoms with E-state index >= 15 is 0 Å². The van der Waals surface area contributed by atoms with Gasteiger partial charge in [0, 0.05) is 6.42 Å². The van der Waals surface area contributed by atoms with Gasteiger partial charge in [-0.05, 0) is 35.7 Å². The molecule has 3 nitrogen and oxygen atoms in total. The summed E-state index contributed by atoms with van der Waals surface area (Å²) in [5, 5.41) is -0.107. The highest BCUT2D eigenvalue weighted by molar-refractivity contribution is 7.40. The van der Waals surface area contributed by atoms with Crippen molar-refractivity contribution >= 4 is 29.8 Å². The number of carbonyl (C=O) groups is 1. The summed E-state index contributed by atoms with van der Waals surface area (Å²) in [6.45, 7) is 0. The molecule has 0 aromatic heterocycles. The fourth-order valence-electron chi connectivity index (χ4n) is 1.03. The topological polar surface area (TPSA) is 51.2 Å². The Morgan fingerprint density at radius 2 is 1.79 bits per heavy atom. The van der Waals surface area contributed by atoms with Crippen molar-refractivity contribution < 1.29 is 13.9 Å². The van der Waals surface area contributed by atoms with E-state index in [-0.39, 0.29) is 17.0 Å². The van der Waals surface area contributed by atoms with Crippen molar-refractivity contribution in [3.63, 3.8) is 0 Å². The average molecular weight is 231 g/mol. The second-order valence-corrected chi connectivity index (χ2v) is 4.23. The number of hydrogen-bond donors (Lipinski definition) is 0. The van der Waals surface area contributed by atoms with Gasteiger partial charge in [-0.3, -0.25) is 4.79 Å². The van der Waals surface area contributed by atoms with E-state index in [1.54, 1.807) is 12.1 Å². The Morgan fingerprint density at radius 3 is 2.21 bits per heavy atom. The molecule has 0 aliphatic heterocycles. The van der Waals surface area contributed by atoms with Crippen LogP contribution in [-0.4, -0.2) is 5.24 Å². The molecule has 5 heteroatoms. The summed E-state index contributed by atoms with van der Waals surface area (Å²) in [6, 6.07) is 6.39. The molecule has 0 heterocycles. The normalized spacial score (nSPS) is 9.79. The van der Waals surface area contributed by atoms with E-state index in [2.05, 4.69) is 0 Å². The second kappa shape index (κ2) is 5.08. The Bertz CT molecular complexity index is 387. The highest BCUT2D eigenvalue weighted by Crippen LogP contribution is 2.08. The van der Waals surface area contributed by atoms with Crippen molar-refractivity contribution in [2.24, 2.45) is 0 Å². The number of rotatable bonds is 4. The van der Waals surface area contributed by atoms with E-state index in [0.29, 0.717) is 6.42 Å². The molecule has 1 aromatic carbocycles. The molecule has 0 radical (unpaired) electrons. The third-order valence-corrected chi connectivity index (χ3v) is 2.67. The highest BCUT2D eigenvalue weighted by Gasteiger charge is 2.00. The first-order chi connectivity index (χ1) is 6.59. The van der Waals surface area contributed by atoms with Crippen molar-refractivity contribution in [1.29, 1.82) is 0 Å². The van der Waals surface area contributed by atoms with Gasteiger partial charge in [0.15, 0.2) is 0 Å². The monoisotopic (exact) mass is 230 g/mol. The lowest BCUT2D eigenvalue weighted by Crippen LogP contribution is -1.95. The zero-order valence-electron chi connectivity index (χ0n) is 7.27. The van der Waals surface area contributed by atoms with E-state index in [0.717, 1.165) is 5.56 Å². The van der Waals surface area contributed by atoms with Gasteiger partial charge < -0.3 is 0 Å². The third kappa shape index (κ3) is 3.44. The highest BCUT2D eigenvalue weighted by atomic mass is 35.5. The number of halogens is 1. The molecule has 1 rings (SSSR count). The van der Waals surface area contributed by atoms with Crippen LogP contribution in [0, 0.1) is 0 Å². The Hall–Kier alpha value is -0.920. The van der Waals surface area contributed by atoms with Crippen molar-refractivity contribution in [2.45, 2.75) is 12.8 Å². The van der Waals surface area contributed by atoms with Crippen LogP contribution in [0.4, 0.5) is 0 Å². The third-order valence-electron chi connectivity index (χ3n) is 1.76. The summed E-state index contributed by atoms with van der Waals surface area (Å²) in [7, 11) is -2.52. The van der Waals surface area contributed by atoms with Crippen LogP contribution in [0.15, 0.2) is 24.3 Å². The van der Waals surface area contributed by atoms with Crippen molar-refractivity contribution in [3.05, 3.63) is 29.8 Å². The number of benzene rings is 1. The minimum atomic E-state index is -2.52. The van der Waals surface area contributed by atoms with Crippen LogP contribution < -0.4 is 5.30 Å². The minimum Gasteiger partial charge on any atom is -0.281 e. The molecule has 0 aliphatic carbocycles. The van der Waals surface area contributed by atoms with E-state index in [4.69, 9.17) is 11.6 Å². The maximum Gasteiger partial charge on any atom is 0.348 e. The van der Waals surface area contributed by atoms with Crippen molar-refractivity contribution in [1.82, 2.24) is 0 Å². The van der Waals surface area contributed by atoms with Gasteiger partial charge in [0.05, 0.1) is 5.30 Å². The molecule has 0 unspecified atom stereocenters. The quantitative estimate of drug-likeness (QED) is 0.588. The van der Waals surface area contributed by atoms with Crippen LogP contribution in [0.1, 0.15) is 12.0 Å². The van der Waals surface area contributed by atoms with Gasteiger partial charge in [-0.25, -0.2) is 9.13 Å². The molecule has 74 valence electrons. The van der Waals surface area contributed by atoms with Crippen LogP contribution in [-0.2, 0) is 20.3 Å². The first kappa shape index (κ1) is 11.2. The van der Waals surface area contributed by atoms with Gasteiger partial charge >= 0.3 is 7.68 Å². The molecule has 1 aromatic rings. The van der Waals surface area contributed by atoms with Crippen LogP contribution >= 0.6 is 19.3 Å². The predicted molar refractivity (Wildman–Crippen MR) is 53.6 cm³/mol. The molecule has 0 aliphatic rings. The molecule has 14 heavy (non-hydrogen) atoms. The second-order valence-electron chi connectivity index (χ2n) is 2.78. The summed E-state index contributed by atoms with van der Waals surface area (Å²) in [5.74, 6) is 0. The van der Waals surface area contributed by atoms with Gasteiger partial charge in [0.1, 0.15) is 0 Å². The summed E-state index contributed by atoms with van der Waals surface area (Å²) >= 11 is 5.17. The summed E-state index contributed by atoms with van der Waals surface area (Å²) in [5.41, 5.74) is 0.902. The maximum atomic E-state index is 10.5. The first-order valence-electron chi connectivity index (χ1n) is 4.01. The standard InChI is InChI=1S/C9H8ClO3P/c10-9(11)6-3-7-1-4-8(5-2-7)14(12)13/h1-2,4-5H,3,6H2. The average Bonchev–Trinajstić information content (AvgIpc) is 2.15. The molecule has 0 atom stereocenters. The van der Waals surface area contributed by atoms with Crippen LogP contribution in [0.25, 0.3) is 0 Å². The van der Waals surface area contributed by atoms with E-state index in [9.17, 15) is 13.9 Å². The van der Waals surface area contributed by atoms with E-state index < -0.39 is 7.68 Å². The molecule has 0 saturated carbocycles. The molecule has 0 saturated heterocycles. The molecule has 0 bridgehead atoms. The maximum absolute atomic E-state index is 10.5. The molecular weight excluding hydrogens is 223 g/mol. The lowest BCUT2D eigenvalue weighted by Gasteiger charge is -1.97. The summed E-state index contributed by atoms with van der Waals surface area (Å²) in [6.07, 6.45) is 0.808. The van der Waals surface area contributed by atoms with Gasteiger partial charge in [-0.1, -0.05) is 12.1 Å². The lowest BCUT2D eigenvalue weighted by molar-refractivity contribution is -0.111. The fourth-order valence-corrected chi connectivity index (χ4v) is 1.51. The fraction of sp³-hybridized carbons (Fsp3) is 0.222.